The molecule has 2 atom stereocenters. The van der Waals surface area contributed by atoms with Gasteiger partial charge in [-0.15, -0.1) is 6.42 Å². The van der Waals surface area contributed by atoms with Crippen LogP contribution in [0.3, 0.4) is 0 Å². The number of hydrogen-bond donors (Lipinski definition) is 0. The monoisotopic (exact) mass is 294 g/mol. The fourth-order valence-electron chi connectivity index (χ4n) is 1.92. The van der Waals surface area contributed by atoms with Crippen LogP contribution in [0.5, 0.6) is 0 Å². The lowest BCUT2D eigenvalue weighted by Crippen LogP contribution is -2.15. The molecular formula is C18H27FO2. The summed E-state index contributed by atoms with van der Waals surface area (Å²) in [6.07, 6.45) is 10.4. The van der Waals surface area contributed by atoms with Gasteiger partial charge >= 0.3 is 5.97 Å². The Kier molecular flexibility index (Phi) is 8.02. The number of terminal acetylenes is 1. The Morgan fingerprint density at radius 1 is 1.48 bits per heavy atom. The summed E-state index contributed by atoms with van der Waals surface area (Å²) < 4.78 is 17.1. The summed E-state index contributed by atoms with van der Waals surface area (Å²) in [7, 11) is 0. The molecule has 0 bridgehead atoms. The predicted molar refractivity (Wildman–Crippen MR) is 85.2 cm³/mol. The Morgan fingerprint density at radius 3 is 2.24 bits per heavy atom. The summed E-state index contributed by atoms with van der Waals surface area (Å²) in [5.41, 5.74) is 1.29. The number of esters is 1. The molecule has 1 aliphatic carbocycles. The molecule has 0 saturated heterocycles. The van der Waals surface area contributed by atoms with Crippen LogP contribution < -0.4 is 0 Å². The number of halogens is 1. The van der Waals surface area contributed by atoms with Crippen LogP contribution in [0.2, 0.25) is 0 Å². The zero-order valence-electron chi connectivity index (χ0n) is 14.0. The lowest BCUT2D eigenvalue weighted by molar-refractivity contribution is -0.142. The van der Waals surface area contributed by atoms with Gasteiger partial charge in [0.2, 0.25) is 0 Å². The second kappa shape index (κ2) is 8.67. The van der Waals surface area contributed by atoms with E-state index in [9.17, 15) is 9.18 Å². The van der Waals surface area contributed by atoms with Gasteiger partial charge in [0.05, 0.1) is 5.83 Å². The molecule has 1 saturated carbocycles. The molecule has 3 heteroatoms. The van der Waals surface area contributed by atoms with Crippen LogP contribution in [0, 0.1) is 23.7 Å². The first-order chi connectivity index (χ1) is 9.63. The molecule has 1 rings (SSSR count). The standard InChI is InChI=1S/C10H14O2.C8H13F/c1-5-7-8(3)10(6-2)12-9(4)11;1-6(9)4-7-5-8(7,2)3/h2,7,10H,5H2,1,3-4H3;4,7H,5H2,1-3H3/b8-7+;6-4+/t;7-/m.0/s1. The number of hydrogen-bond acceptors (Lipinski definition) is 2. The molecule has 0 heterocycles. The van der Waals surface area contributed by atoms with Crippen molar-refractivity contribution in [3.8, 4) is 12.3 Å². The summed E-state index contributed by atoms with van der Waals surface area (Å²) in [5, 5.41) is 0. The average Bonchev–Trinajstić information content (AvgIpc) is 2.93. The minimum atomic E-state index is -0.498. The van der Waals surface area contributed by atoms with Crippen molar-refractivity contribution in [3.63, 3.8) is 0 Å². The van der Waals surface area contributed by atoms with E-state index in [0.29, 0.717) is 11.3 Å². The fraction of sp³-hybridized carbons (Fsp3) is 0.611. The van der Waals surface area contributed by atoms with E-state index in [0.717, 1.165) is 18.4 Å². The van der Waals surface area contributed by atoms with Crippen LogP contribution in [-0.4, -0.2) is 12.1 Å². The molecule has 0 aliphatic heterocycles. The Labute approximate surface area is 128 Å². The third-order valence-electron chi connectivity index (χ3n) is 3.40. The van der Waals surface area contributed by atoms with E-state index in [4.69, 9.17) is 11.2 Å². The van der Waals surface area contributed by atoms with Gasteiger partial charge in [-0.3, -0.25) is 4.79 Å². The zero-order valence-corrected chi connectivity index (χ0v) is 14.0. The molecule has 0 aromatic carbocycles. The van der Waals surface area contributed by atoms with Crippen LogP contribution >= 0.6 is 0 Å². The first-order valence-electron chi connectivity index (χ1n) is 7.28. The molecule has 1 fully saturated rings. The maximum absolute atomic E-state index is 12.2. The second-order valence-corrected chi connectivity index (χ2v) is 6.07. The van der Waals surface area contributed by atoms with Crippen molar-refractivity contribution in [3.05, 3.63) is 23.6 Å². The molecule has 0 aromatic heterocycles. The summed E-state index contributed by atoms with van der Waals surface area (Å²) in [5.74, 6) is 2.53. The zero-order chi connectivity index (χ0) is 16.6. The Balaban J connectivity index is 0.000000394. The van der Waals surface area contributed by atoms with Gasteiger partial charge in [0, 0.05) is 6.92 Å². The van der Waals surface area contributed by atoms with Gasteiger partial charge in [0.15, 0.2) is 6.10 Å². The van der Waals surface area contributed by atoms with Crippen molar-refractivity contribution >= 4 is 5.97 Å². The average molecular weight is 294 g/mol. The van der Waals surface area contributed by atoms with E-state index in [1.54, 1.807) is 6.08 Å². The maximum Gasteiger partial charge on any atom is 0.304 e. The number of allylic oxidation sites excluding steroid dienone is 3. The number of carbonyl (C=O) groups is 1. The quantitative estimate of drug-likeness (QED) is 0.422. The summed E-state index contributed by atoms with van der Waals surface area (Å²) in [4.78, 5) is 10.6. The van der Waals surface area contributed by atoms with Gasteiger partial charge in [0.1, 0.15) is 0 Å². The van der Waals surface area contributed by atoms with Crippen molar-refractivity contribution in [2.24, 2.45) is 11.3 Å². The van der Waals surface area contributed by atoms with Gasteiger partial charge in [-0.1, -0.05) is 32.8 Å². The lowest BCUT2D eigenvalue weighted by atomic mass is 10.1. The highest BCUT2D eigenvalue weighted by molar-refractivity contribution is 5.66. The van der Waals surface area contributed by atoms with E-state index in [-0.39, 0.29) is 11.8 Å². The third kappa shape index (κ3) is 8.34. The van der Waals surface area contributed by atoms with E-state index >= 15 is 0 Å². The Hall–Kier alpha value is -1.56. The van der Waals surface area contributed by atoms with Crippen molar-refractivity contribution < 1.29 is 13.9 Å². The third-order valence-corrected chi connectivity index (χ3v) is 3.40. The normalized spacial score (nSPS) is 21.5. The minimum Gasteiger partial charge on any atom is -0.445 e. The van der Waals surface area contributed by atoms with Crippen LogP contribution in [0.15, 0.2) is 23.6 Å². The highest BCUT2D eigenvalue weighted by atomic mass is 19.1. The molecule has 21 heavy (non-hydrogen) atoms. The van der Waals surface area contributed by atoms with Crippen molar-refractivity contribution in [2.45, 2.75) is 60.5 Å². The number of carbonyl (C=O) groups excluding carboxylic acids is 1. The fourth-order valence-corrected chi connectivity index (χ4v) is 1.92. The second-order valence-electron chi connectivity index (χ2n) is 6.07. The summed E-state index contributed by atoms with van der Waals surface area (Å²) >= 11 is 0. The summed E-state index contributed by atoms with van der Waals surface area (Å²) in [6, 6.07) is 0. The number of ether oxygens (including phenoxy) is 1. The van der Waals surface area contributed by atoms with E-state index in [1.807, 2.05) is 19.9 Å². The van der Waals surface area contributed by atoms with Gasteiger partial charge in [-0.2, -0.15) is 0 Å². The molecule has 0 spiro atoms. The van der Waals surface area contributed by atoms with Crippen LogP contribution in [0.25, 0.3) is 0 Å². The smallest absolute Gasteiger partial charge is 0.304 e. The van der Waals surface area contributed by atoms with Crippen LogP contribution in [0.1, 0.15) is 54.4 Å². The number of rotatable bonds is 4. The molecule has 0 amide bonds. The molecule has 2 nitrogen and oxygen atoms in total. The van der Waals surface area contributed by atoms with Crippen LogP contribution in [0.4, 0.5) is 4.39 Å². The van der Waals surface area contributed by atoms with Gasteiger partial charge in [-0.25, -0.2) is 4.39 Å². The molecule has 0 aromatic rings. The van der Waals surface area contributed by atoms with E-state index in [2.05, 4.69) is 19.8 Å². The first-order valence-corrected chi connectivity index (χ1v) is 7.28. The predicted octanol–water partition coefficient (Wildman–Crippen LogP) is 4.81. The molecule has 1 aliphatic rings. The topological polar surface area (TPSA) is 26.3 Å². The lowest BCUT2D eigenvalue weighted by Gasteiger charge is -2.10. The molecular weight excluding hydrogens is 267 g/mol. The SMILES string of the molecule is C#CC(OC(C)=O)/C(C)=C/CC.C/C(F)=C\[C@H]1CC1(C)C. The highest BCUT2D eigenvalue weighted by Crippen LogP contribution is 2.52. The highest BCUT2D eigenvalue weighted by Gasteiger charge is 2.43. The van der Waals surface area contributed by atoms with Gasteiger partial charge in [-0.05, 0) is 49.7 Å². The van der Waals surface area contributed by atoms with E-state index < -0.39 is 6.10 Å². The van der Waals surface area contributed by atoms with Crippen molar-refractivity contribution in [2.75, 3.05) is 0 Å². The Bertz CT molecular complexity index is 448. The van der Waals surface area contributed by atoms with Crippen LogP contribution in [-0.2, 0) is 9.53 Å². The molecule has 1 unspecified atom stereocenters. The first kappa shape index (κ1) is 19.4. The van der Waals surface area contributed by atoms with E-state index in [1.165, 1.54) is 13.8 Å². The molecule has 0 N–H and O–H groups in total. The van der Waals surface area contributed by atoms with Gasteiger partial charge < -0.3 is 4.74 Å². The van der Waals surface area contributed by atoms with Crippen molar-refractivity contribution in [1.29, 1.82) is 0 Å². The largest absolute Gasteiger partial charge is 0.445 e. The minimum absolute atomic E-state index is 0.0365. The maximum atomic E-state index is 12.2. The summed E-state index contributed by atoms with van der Waals surface area (Å²) in [6.45, 7) is 11.0. The Morgan fingerprint density at radius 2 is 2.00 bits per heavy atom. The van der Waals surface area contributed by atoms with Gasteiger partial charge in [0.25, 0.3) is 0 Å². The molecule has 0 radical (unpaired) electrons. The molecule has 118 valence electrons. The van der Waals surface area contributed by atoms with Crippen molar-refractivity contribution in [1.82, 2.24) is 0 Å².